The monoisotopic (exact) mass is 361 g/mol. The molecule has 0 bridgehead atoms. The Hall–Kier alpha value is -2.24. The van der Waals surface area contributed by atoms with E-state index in [4.69, 9.17) is 14.6 Å². The van der Waals surface area contributed by atoms with Crippen LogP contribution in [0.3, 0.4) is 0 Å². The maximum atomic E-state index is 13.2. The molecule has 0 saturated carbocycles. The number of aliphatic carboxylic acids is 1. The Morgan fingerprint density at radius 2 is 1.96 bits per heavy atom. The van der Waals surface area contributed by atoms with Gasteiger partial charge in [0.05, 0.1) is 5.41 Å². The molecule has 2 aliphatic rings. The van der Waals surface area contributed by atoms with Crippen molar-refractivity contribution in [3.8, 4) is 11.5 Å². The third-order valence-corrected chi connectivity index (χ3v) is 5.37. The number of ether oxygens (including phenoxy) is 2. The molecule has 1 amide bonds. The number of nitrogens with zero attached hydrogens (tertiary/aromatic N) is 1. The minimum Gasteiger partial charge on any atom is -0.486 e. The summed E-state index contributed by atoms with van der Waals surface area (Å²) < 4.78 is 11.2. The SMILES string of the molecule is CC(C)(C(=O)N1CCCC(CCC(=O)O)C1)c1ccc2c(c1)OCCO2. The van der Waals surface area contributed by atoms with Crippen molar-refractivity contribution < 1.29 is 24.2 Å². The Morgan fingerprint density at radius 3 is 2.69 bits per heavy atom. The van der Waals surface area contributed by atoms with E-state index in [9.17, 15) is 9.59 Å². The third kappa shape index (κ3) is 3.94. The highest BCUT2D eigenvalue weighted by atomic mass is 16.6. The van der Waals surface area contributed by atoms with Gasteiger partial charge >= 0.3 is 5.97 Å². The number of hydrogen-bond acceptors (Lipinski definition) is 4. The van der Waals surface area contributed by atoms with Crippen molar-refractivity contribution in [2.24, 2.45) is 5.92 Å². The first-order valence-electron chi connectivity index (χ1n) is 9.29. The van der Waals surface area contributed by atoms with Crippen LogP contribution in [0.2, 0.25) is 0 Å². The molecule has 1 saturated heterocycles. The number of carboxylic acids is 1. The summed E-state index contributed by atoms with van der Waals surface area (Å²) in [5.41, 5.74) is 0.226. The fourth-order valence-electron chi connectivity index (χ4n) is 3.76. The molecular weight excluding hydrogens is 334 g/mol. The molecule has 1 aromatic rings. The number of benzene rings is 1. The lowest BCUT2D eigenvalue weighted by Crippen LogP contribution is -2.48. The summed E-state index contributed by atoms with van der Waals surface area (Å²) in [6.45, 7) is 6.29. The molecule has 6 heteroatoms. The molecule has 1 N–H and O–H groups in total. The maximum absolute atomic E-state index is 13.2. The molecule has 0 spiro atoms. The van der Waals surface area contributed by atoms with Gasteiger partial charge in [0.1, 0.15) is 13.2 Å². The molecule has 1 fully saturated rings. The molecule has 1 aromatic carbocycles. The Labute approximate surface area is 154 Å². The zero-order valence-electron chi connectivity index (χ0n) is 15.5. The molecule has 0 aliphatic carbocycles. The van der Waals surface area contributed by atoms with Crippen LogP contribution in [0.25, 0.3) is 0 Å². The summed E-state index contributed by atoms with van der Waals surface area (Å²) in [6, 6.07) is 5.69. The summed E-state index contributed by atoms with van der Waals surface area (Å²) in [7, 11) is 0. The van der Waals surface area contributed by atoms with Crippen LogP contribution in [0.1, 0.15) is 45.1 Å². The highest BCUT2D eigenvalue weighted by Gasteiger charge is 2.36. The summed E-state index contributed by atoms with van der Waals surface area (Å²) >= 11 is 0. The second-order valence-electron chi connectivity index (χ2n) is 7.68. The number of hydrogen-bond donors (Lipinski definition) is 1. The zero-order valence-corrected chi connectivity index (χ0v) is 15.5. The average molecular weight is 361 g/mol. The van der Waals surface area contributed by atoms with Crippen LogP contribution in [0, 0.1) is 5.92 Å². The second kappa shape index (κ2) is 7.56. The minimum atomic E-state index is -0.773. The van der Waals surface area contributed by atoms with E-state index in [-0.39, 0.29) is 18.2 Å². The van der Waals surface area contributed by atoms with Gasteiger partial charge in [0.15, 0.2) is 11.5 Å². The summed E-state index contributed by atoms with van der Waals surface area (Å²) in [5, 5.41) is 8.89. The fourth-order valence-corrected chi connectivity index (χ4v) is 3.76. The predicted molar refractivity (Wildman–Crippen MR) is 96.6 cm³/mol. The smallest absolute Gasteiger partial charge is 0.303 e. The van der Waals surface area contributed by atoms with E-state index in [1.807, 2.05) is 36.9 Å². The van der Waals surface area contributed by atoms with Crippen molar-refractivity contribution in [2.75, 3.05) is 26.3 Å². The van der Waals surface area contributed by atoms with Crippen LogP contribution >= 0.6 is 0 Å². The first-order valence-corrected chi connectivity index (χ1v) is 9.29. The molecule has 26 heavy (non-hydrogen) atoms. The second-order valence-corrected chi connectivity index (χ2v) is 7.68. The molecule has 142 valence electrons. The van der Waals surface area contributed by atoms with Crippen LogP contribution in [-0.4, -0.2) is 48.2 Å². The van der Waals surface area contributed by atoms with Crippen molar-refractivity contribution in [2.45, 2.75) is 44.9 Å². The molecule has 2 heterocycles. The van der Waals surface area contributed by atoms with E-state index in [1.165, 1.54) is 0 Å². The van der Waals surface area contributed by atoms with Crippen molar-refractivity contribution in [3.05, 3.63) is 23.8 Å². The quantitative estimate of drug-likeness (QED) is 0.873. The van der Waals surface area contributed by atoms with Crippen LogP contribution < -0.4 is 9.47 Å². The van der Waals surface area contributed by atoms with E-state index in [2.05, 4.69) is 0 Å². The molecule has 1 unspecified atom stereocenters. The molecule has 0 radical (unpaired) electrons. The number of fused-ring (bicyclic) bond motifs is 1. The molecule has 1 atom stereocenters. The van der Waals surface area contributed by atoms with Crippen molar-refractivity contribution in [1.82, 2.24) is 4.90 Å². The first-order chi connectivity index (χ1) is 12.4. The van der Waals surface area contributed by atoms with Crippen molar-refractivity contribution >= 4 is 11.9 Å². The highest BCUT2D eigenvalue weighted by Crippen LogP contribution is 2.36. The Kier molecular flexibility index (Phi) is 5.39. The van der Waals surface area contributed by atoms with E-state index in [0.717, 1.165) is 30.7 Å². The topological polar surface area (TPSA) is 76.1 Å². The normalized spacial score (nSPS) is 19.9. The van der Waals surface area contributed by atoms with Gasteiger partial charge in [0, 0.05) is 19.5 Å². The number of piperidine rings is 1. The van der Waals surface area contributed by atoms with E-state index in [1.54, 1.807) is 0 Å². The van der Waals surface area contributed by atoms with Gasteiger partial charge in [-0.3, -0.25) is 9.59 Å². The largest absolute Gasteiger partial charge is 0.486 e. The molecule has 3 rings (SSSR count). The Morgan fingerprint density at radius 1 is 1.23 bits per heavy atom. The van der Waals surface area contributed by atoms with Gasteiger partial charge in [-0.2, -0.15) is 0 Å². The highest BCUT2D eigenvalue weighted by molar-refractivity contribution is 5.87. The summed E-state index contributed by atoms with van der Waals surface area (Å²) in [5.74, 6) is 0.974. The molecule has 0 aromatic heterocycles. The lowest BCUT2D eigenvalue weighted by atomic mass is 9.81. The first kappa shape index (κ1) is 18.5. The molecule has 2 aliphatic heterocycles. The van der Waals surface area contributed by atoms with Crippen LogP contribution in [-0.2, 0) is 15.0 Å². The van der Waals surface area contributed by atoms with Crippen LogP contribution in [0.4, 0.5) is 0 Å². The lowest BCUT2D eigenvalue weighted by Gasteiger charge is -2.38. The van der Waals surface area contributed by atoms with Gasteiger partial charge in [-0.25, -0.2) is 0 Å². The van der Waals surface area contributed by atoms with Crippen LogP contribution in [0.15, 0.2) is 18.2 Å². The van der Waals surface area contributed by atoms with Crippen molar-refractivity contribution in [3.63, 3.8) is 0 Å². The van der Waals surface area contributed by atoms with E-state index < -0.39 is 11.4 Å². The number of carboxylic acid groups (broad SMARTS) is 1. The van der Waals surface area contributed by atoms with Gasteiger partial charge in [0.2, 0.25) is 5.91 Å². The number of rotatable bonds is 5. The van der Waals surface area contributed by atoms with Crippen LogP contribution in [0.5, 0.6) is 11.5 Å². The summed E-state index contributed by atoms with van der Waals surface area (Å²) in [6.07, 6.45) is 2.70. The minimum absolute atomic E-state index is 0.0780. The van der Waals surface area contributed by atoms with Gasteiger partial charge in [-0.05, 0) is 56.7 Å². The fraction of sp³-hybridized carbons (Fsp3) is 0.600. The maximum Gasteiger partial charge on any atom is 0.303 e. The van der Waals surface area contributed by atoms with Gasteiger partial charge in [-0.1, -0.05) is 6.07 Å². The number of carbonyl (C=O) groups excluding carboxylic acids is 1. The standard InChI is InChI=1S/C20H27NO5/c1-20(2,15-6-7-16-17(12-15)26-11-10-25-16)19(24)21-9-3-4-14(13-21)5-8-18(22)23/h6-7,12,14H,3-5,8-11,13H2,1-2H3,(H,22,23). The number of amides is 1. The number of carbonyl (C=O) groups is 2. The van der Waals surface area contributed by atoms with Gasteiger partial charge in [0.25, 0.3) is 0 Å². The Balaban J connectivity index is 1.72. The molecule has 6 nitrogen and oxygen atoms in total. The predicted octanol–water partition coefficient (Wildman–Crippen LogP) is 2.84. The van der Waals surface area contributed by atoms with E-state index >= 15 is 0 Å². The summed E-state index contributed by atoms with van der Waals surface area (Å²) in [4.78, 5) is 25.9. The van der Waals surface area contributed by atoms with E-state index in [0.29, 0.717) is 31.9 Å². The number of likely N-dealkylation sites (tertiary alicyclic amines) is 1. The molecular formula is C20H27NO5. The van der Waals surface area contributed by atoms with Gasteiger partial charge < -0.3 is 19.5 Å². The van der Waals surface area contributed by atoms with Gasteiger partial charge in [-0.15, -0.1) is 0 Å². The third-order valence-electron chi connectivity index (χ3n) is 5.37. The average Bonchev–Trinajstić information content (AvgIpc) is 2.65. The zero-order chi connectivity index (χ0) is 18.7. The Bertz CT molecular complexity index is 685. The lowest BCUT2D eigenvalue weighted by molar-refractivity contribution is -0.138. The van der Waals surface area contributed by atoms with Crippen molar-refractivity contribution in [1.29, 1.82) is 0 Å².